The normalized spacial score (nSPS) is 20.7. The molecule has 1 unspecified atom stereocenters. The number of hydrogen-bond donors (Lipinski definition) is 2. The third-order valence-electron chi connectivity index (χ3n) is 7.27. The van der Waals surface area contributed by atoms with Gasteiger partial charge in [-0.2, -0.15) is 0 Å². The fourth-order valence-corrected chi connectivity index (χ4v) is 5.39. The molecule has 188 valence electrons. The van der Waals surface area contributed by atoms with Crippen molar-refractivity contribution in [3.8, 4) is 23.0 Å². The number of likely N-dealkylation sites (tertiary alicyclic amines) is 1. The lowest BCUT2D eigenvalue weighted by Gasteiger charge is -2.31. The molecule has 36 heavy (non-hydrogen) atoms. The molecule has 2 aliphatic heterocycles. The summed E-state index contributed by atoms with van der Waals surface area (Å²) < 4.78 is 12.6. The lowest BCUT2D eigenvalue weighted by molar-refractivity contribution is 0.169. The smallest absolute Gasteiger partial charge is 0.150 e. The van der Waals surface area contributed by atoms with Gasteiger partial charge in [-0.05, 0) is 92.4 Å². The molecule has 5 rings (SSSR count). The van der Waals surface area contributed by atoms with Crippen LogP contribution in [0.1, 0.15) is 50.0 Å². The molecule has 0 aliphatic carbocycles. The van der Waals surface area contributed by atoms with Crippen LogP contribution in [-0.4, -0.2) is 40.9 Å². The van der Waals surface area contributed by atoms with Gasteiger partial charge in [0, 0.05) is 34.3 Å². The monoisotopic (exact) mass is 505 g/mol. The maximum absolute atomic E-state index is 10.2. The lowest BCUT2D eigenvalue weighted by Crippen LogP contribution is -2.35. The molecule has 2 aliphatic rings. The van der Waals surface area contributed by atoms with Gasteiger partial charge in [0.2, 0.25) is 0 Å². The fraction of sp³-hybridized carbons (Fsp3) is 0.333. The van der Waals surface area contributed by atoms with Crippen LogP contribution in [0.5, 0.6) is 23.0 Å². The topological polar surface area (TPSA) is 62.2 Å². The van der Waals surface area contributed by atoms with Gasteiger partial charge in [0.1, 0.15) is 35.7 Å². The molecule has 1 saturated heterocycles. The van der Waals surface area contributed by atoms with Gasteiger partial charge in [-0.3, -0.25) is 4.90 Å². The number of rotatable bonds is 6. The summed E-state index contributed by atoms with van der Waals surface area (Å²) in [6.45, 7) is 9.42. The summed E-state index contributed by atoms with van der Waals surface area (Å²) in [6.07, 6.45) is 0.808. The molecule has 1 fully saturated rings. The van der Waals surface area contributed by atoms with Crippen molar-refractivity contribution >= 4 is 22.7 Å². The summed E-state index contributed by atoms with van der Waals surface area (Å²) in [5, 5.41) is 20.8. The highest BCUT2D eigenvalue weighted by atomic mass is 35.5. The van der Waals surface area contributed by atoms with Crippen LogP contribution in [-0.2, 0) is 0 Å². The third kappa shape index (κ3) is 4.91. The van der Waals surface area contributed by atoms with E-state index in [0.29, 0.717) is 29.0 Å². The van der Waals surface area contributed by atoms with E-state index in [0.717, 1.165) is 47.0 Å². The second kappa shape index (κ2) is 10.1. The van der Waals surface area contributed by atoms with E-state index in [4.69, 9.17) is 21.1 Å². The fourth-order valence-electron chi connectivity index (χ4n) is 5.17. The Morgan fingerprint density at radius 2 is 1.72 bits per heavy atom. The Bertz CT molecular complexity index is 1290. The predicted octanol–water partition coefficient (Wildman–Crippen LogP) is 6.92. The molecule has 0 amide bonds. The molecule has 0 aromatic heterocycles. The predicted molar refractivity (Wildman–Crippen MR) is 144 cm³/mol. The van der Waals surface area contributed by atoms with E-state index in [-0.39, 0.29) is 11.5 Å². The van der Waals surface area contributed by atoms with Gasteiger partial charge in [0.15, 0.2) is 0 Å². The quantitative estimate of drug-likeness (QED) is 0.380. The largest absolute Gasteiger partial charge is 0.508 e. The van der Waals surface area contributed by atoms with Gasteiger partial charge < -0.3 is 19.7 Å². The first kappa shape index (κ1) is 24.5. The number of halogens is 1. The van der Waals surface area contributed by atoms with E-state index in [2.05, 4.69) is 18.7 Å². The average Bonchev–Trinajstić information content (AvgIpc) is 3.31. The second-order valence-corrected chi connectivity index (χ2v) is 10.4. The molecule has 3 aromatic rings. The zero-order chi connectivity index (χ0) is 25.4. The summed E-state index contributed by atoms with van der Waals surface area (Å²) in [6, 6.07) is 18.3. The van der Waals surface area contributed by atoms with E-state index in [1.165, 1.54) is 6.42 Å². The van der Waals surface area contributed by atoms with Gasteiger partial charge in [0.05, 0.1) is 0 Å². The number of fused-ring (bicyclic) bond motifs is 1. The van der Waals surface area contributed by atoms with Crippen molar-refractivity contribution in [1.29, 1.82) is 0 Å². The Morgan fingerprint density at radius 1 is 1.03 bits per heavy atom. The Morgan fingerprint density at radius 3 is 2.42 bits per heavy atom. The number of ether oxygens (including phenoxy) is 2. The highest BCUT2D eigenvalue weighted by Crippen LogP contribution is 2.49. The van der Waals surface area contributed by atoms with Crippen LogP contribution >= 0.6 is 11.6 Å². The number of aromatic hydroxyl groups is 2. The molecule has 6 heteroatoms. The number of nitrogens with zero attached hydrogens (tertiary/aromatic N) is 1. The standard InChI is InChI=1S/C30H32ClNO4/c1-18-12-13-32(16-18)19(2)17-35-24-8-4-21(5-9-24)30-29(26-15-22(33)6-10-27(26)31)20(3)25-14-23(34)7-11-28(25)36-30/h4-11,14-15,18-19,30,33-34H,12-13,16-17H2,1-3H3/t18-,19+,30?/m1/s1. The summed E-state index contributed by atoms with van der Waals surface area (Å²) in [7, 11) is 0. The molecule has 3 aromatic carbocycles. The van der Waals surface area contributed by atoms with Crippen molar-refractivity contribution in [3.05, 3.63) is 82.4 Å². The van der Waals surface area contributed by atoms with E-state index < -0.39 is 6.10 Å². The molecule has 0 saturated carbocycles. The van der Waals surface area contributed by atoms with Crippen LogP contribution in [0.15, 0.2) is 60.7 Å². The van der Waals surface area contributed by atoms with Crippen LogP contribution in [0.25, 0.3) is 11.1 Å². The molecule has 2 heterocycles. The minimum atomic E-state index is -0.444. The molecular weight excluding hydrogens is 474 g/mol. The van der Waals surface area contributed by atoms with E-state index in [1.807, 2.05) is 31.2 Å². The Balaban J connectivity index is 1.43. The second-order valence-electron chi connectivity index (χ2n) is 10.00. The third-order valence-corrected chi connectivity index (χ3v) is 7.60. The molecule has 3 atom stereocenters. The zero-order valence-electron chi connectivity index (χ0n) is 20.9. The van der Waals surface area contributed by atoms with E-state index in [9.17, 15) is 10.2 Å². The molecular formula is C30H32ClNO4. The van der Waals surface area contributed by atoms with Crippen LogP contribution in [0.3, 0.4) is 0 Å². The molecule has 2 N–H and O–H groups in total. The highest BCUT2D eigenvalue weighted by molar-refractivity contribution is 6.32. The average molecular weight is 506 g/mol. The highest BCUT2D eigenvalue weighted by Gasteiger charge is 2.31. The lowest BCUT2D eigenvalue weighted by atomic mass is 9.86. The van der Waals surface area contributed by atoms with Crippen LogP contribution < -0.4 is 9.47 Å². The summed E-state index contributed by atoms with van der Waals surface area (Å²) in [5.74, 6) is 2.54. The molecule has 5 nitrogen and oxygen atoms in total. The van der Waals surface area contributed by atoms with Gasteiger partial charge in [-0.25, -0.2) is 0 Å². The first-order valence-corrected chi connectivity index (χ1v) is 12.8. The van der Waals surface area contributed by atoms with Crippen molar-refractivity contribution in [2.45, 2.75) is 39.3 Å². The van der Waals surface area contributed by atoms with Crippen molar-refractivity contribution in [2.75, 3.05) is 19.7 Å². The number of phenolic OH excluding ortho intramolecular Hbond substituents is 2. The Kier molecular flexibility index (Phi) is 6.87. The van der Waals surface area contributed by atoms with Crippen LogP contribution in [0.2, 0.25) is 5.02 Å². The number of benzene rings is 3. The minimum Gasteiger partial charge on any atom is -0.508 e. The summed E-state index contributed by atoms with van der Waals surface area (Å²) >= 11 is 6.59. The van der Waals surface area contributed by atoms with Crippen molar-refractivity contribution < 1.29 is 19.7 Å². The Hall–Kier alpha value is -3.15. The Labute approximate surface area is 217 Å². The van der Waals surface area contributed by atoms with Gasteiger partial charge in [-0.1, -0.05) is 30.7 Å². The number of allylic oxidation sites excluding steroid dienone is 1. The maximum Gasteiger partial charge on any atom is 0.150 e. The van der Waals surface area contributed by atoms with Crippen LogP contribution in [0, 0.1) is 5.92 Å². The van der Waals surface area contributed by atoms with Crippen LogP contribution in [0.4, 0.5) is 0 Å². The number of hydrogen-bond acceptors (Lipinski definition) is 5. The van der Waals surface area contributed by atoms with Crippen molar-refractivity contribution in [1.82, 2.24) is 4.90 Å². The number of phenols is 2. The van der Waals surface area contributed by atoms with Gasteiger partial charge in [-0.15, -0.1) is 0 Å². The minimum absolute atomic E-state index is 0.125. The van der Waals surface area contributed by atoms with Crippen molar-refractivity contribution in [2.24, 2.45) is 5.92 Å². The van der Waals surface area contributed by atoms with E-state index in [1.54, 1.807) is 36.4 Å². The van der Waals surface area contributed by atoms with Gasteiger partial charge >= 0.3 is 0 Å². The molecule has 0 bridgehead atoms. The van der Waals surface area contributed by atoms with E-state index >= 15 is 0 Å². The summed E-state index contributed by atoms with van der Waals surface area (Å²) in [5.41, 5.74) is 4.21. The SMILES string of the molecule is CC1=C(c2cc(O)ccc2Cl)C(c2ccc(OC[C@H](C)N3CC[C@@H](C)C3)cc2)Oc2ccc(O)cc21. The zero-order valence-corrected chi connectivity index (χ0v) is 21.6. The molecule has 0 spiro atoms. The first-order valence-electron chi connectivity index (χ1n) is 12.5. The maximum atomic E-state index is 10.2. The van der Waals surface area contributed by atoms with Crippen molar-refractivity contribution in [3.63, 3.8) is 0 Å². The summed E-state index contributed by atoms with van der Waals surface area (Å²) in [4.78, 5) is 2.49. The molecule has 0 radical (unpaired) electrons. The first-order chi connectivity index (χ1) is 17.3. The van der Waals surface area contributed by atoms with Gasteiger partial charge in [0.25, 0.3) is 0 Å².